The molecule has 0 saturated carbocycles. The summed E-state index contributed by atoms with van der Waals surface area (Å²) < 4.78 is 0.901. The number of carbonyl (C=O) groups excluding carboxylic acids is 1. The van der Waals surface area contributed by atoms with Crippen molar-refractivity contribution in [2.24, 2.45) is 0 Å². The lowest BCUT2D eigenvalue weighted by Gasteiger charge is -2.26. The first kappa shape index (κ1) is 11.6. The van der Waals surface area contributed by atoms with E-state index in [0.29, 0.717) is 5.56 Å². The van der Waals surface area contributed by atoms with Gasteiger partial charge in [0.25, 0.3) is 0 Å². The fourth-order valence-corrected chi connectivity index (χ4v) is 2.60. The molecule has 0 aromatic heterocycles. The predicted molar refractivity (Wildman–Crippen MR) is 67.0 cm³/mol. The molecule has 0 radical (unpaired) electrons. The topological polar surface area (TPSA) is 40.5 Å². The number of rotatable bonds is 3. The summed E-state index contributed by atoms with van der Waals surface area (Å²) in [5, 5.41) is 9.28. The Hall–Kier alpha value is -0.870. The summed E-state index contributed by atoms with van der Waals surface area (Å²) in [4.78, 5) is 13.1. The van der Waals surface area contributed by atoms with E-state index in [9.17, 15) is 9.90 Å². The summed E-state index contributed by atoms with van der Waals surface area (Å²) in [6, 6.07) is 5.83. The van der Waals surface area contributed by atoms with Crippen molar-refractivity contribution in [2.75, 3.05) is 18.1 Å². The van der Waals surface area contributed by atoms with E-state index in [1.807, 2.05) is 18.2 Å². The number of aldehydes is 1. The Morgan fingerprint density at radius 1 is 1.56 bits per heavy atom. The summed E-state index contributed by atoms with van der Waals surface area (Å²) in [7, 11) is 0. The zero-order chi connectivity index (χ0) is 11.5. The van der Waals surface area contributed by atoms with Gasteiger partial charge in [0.15, 0.2) is 6.29 Å². The number of anilines is 1. The fourth-order valence-electron chi connectivity index (χ4n) is 2.22. The number of nitrogens with zero attached hydrogens (tertiary/aromatic N) is 1. The third-order valence-electron chi connectivity index (χ3n) is 3.01. The van der Waals surface area contributed by atoms with Crippen molar-refractivity contribution in [1.82, 2.24) is 0 Å². The quantitative estimate of drug-likeness (QED) is 0.865. The first-order valence-electron chi connectivity index (χ1n) is 5.38. The van der Waals surface area contributed by atoms with Gasteiger partial charge in [-0.2, -0.15) is 0 Å². The highest BCUT2D eigenvalue weighted by molar-refractivity contribution is 9.10. The van der Waals surface area contributed by atoms with E-state index in [2.05, 4.69) is 20.8 Å². The molecular formula is C12H14BrNO2. The van der Waals surface area contributed by atoms with Crippen molar-refractivity contribution in [3.05, 3.63) is 28.2 Å². The maximum Gasteiger partial charge on any atom is 0.152 e. The van der Waals surface area contributed by atoms with Crippen molar-refractivity contribution in [3.8, 4) is 0 Å². The molecule has 1 aliphatic rings. The number of aliphatic hydroxyl groups is 1. The first-order valence-corrected chi connectivity index (χ1v) is 6.18. The largest absolute Gasteiger partial charge is 0.394 e. The van der Waals surface area contributed by atoms with Crippen molar-refractivity contribution >= 4 is 27.9 Å². The van der Waals surface area contributed by atoms with Crippen molar-refractivity contribution in [1.29, 1.82) is 0 Å². The van der Waals surface area contributed by atoms with Crippen molar-refractivity contribution in [3.63, 3.8) is 0 Å². The van der Waals surface area contributed by atoms with Crippen LogP contribution in [0.15, 0.2) is 22.7 Å². The van der Waals surface area contributed by atoms with Gasteiger partial charge < -0.3 is 10.0 Å². The van der Waals surface area contributed by atoms with Crippen LogP contribution in [-0.4, -0.2) is 30.6 Å². The molecule has 1 heterocycles. The van der Waals surface area contributed by atoms with Gasteiger partial charge in [0, 0.05) is 22.3 Å². The molecule has 1 unspecified atom stereocenters. The van der Waals surface area contributed by atoms with Crippen LogP contribution in [0, 0.1) is 0 Å². The van der Waals surface area contributed by atoms with Crippen LogP contribution in [0.5, 0.6) is 0 Å². The molecule has 2 rings (SSSR count). The van der Waals surface area contributed by atoms with Gasteiger partial charge in [0.05, 0.1) is 12.6 Å². The van der Waals surface area contributed by atoms with E-state index in [-0.39, 0.29) is 12.6 Å². The number of benzene rings is 1. The van der Waals surface area contributed by atoms with Crippen LogP contribution >= 0.6 is 15.9 Å². The van der Waals surface area contributed by atoms with Gasteiger partial charge in [-0.05, 0) is 31.0 Å². The lowest BCUT2D eigenvalue weighted by Crippen LogP contribution is -2.32. The Morgan fingerprint density at radius 3 is 3.06 bits per heavy atom. The van der Waals surface area contributed by atoms with E-state index in [1.54, 1.807) is 0 Å². The van der Waals surface area contributed by atoms with Crippen molar-refractivity contribution < 1.29 is 9.90 Å². The molecule has 0 amide bonds. The van der Waals surface area contributed by atoms with Gasteiger partial charge in [-0.3, -0.25) is 4.79 Å². The van der Waals surface area contributed by atoms with Gasteiger partial charge in [-0.25, -0.2) is 0 Å². The summed E-state index contributed by atoms with van der Waals surface area (Å²) in [6.45, 7) is 1.06. The van der Waals surface area contributed by atoms with Gasteiger partial charge in [-0.1, -0.05) is 15.9 Å². The second-order valence-electron chi connectivity index (χ2n) is 3.99. The lowest BCUT2D eigenvalue weighted by molar-refractivity contribution is 0.112. The van der Waals surface area contributed by atoms with Crippen LogP contribution in [0.3, 0.4) is 0 Å². The van der Waals surface area contributed by atoms with Crippen LogP contribution in [0.25, 0.3) is 0 Å². The zero-order valence-electron chi connectivity index (χ0n) is 8.90. The third kappa shape index (κ3) is 2.13. The molecule has 1 N–H and O–H groups in total. The van der Waals surface area contributed by atoms with E-state index in [0.717, 1.165) is 35.8 Å². The van der Waals surface area contributed by atoms with Gasteiger partial charge >= 0.3 is 0 Å². The third-order valence-corrected chi connectivity index (χ3v) is 3.51. The molecule has 1 saturated heterocycles. The van der Waals surface area contributed by atoms with Crippen molar-refractivity contribution in [2.45, 2.75) is 18.9 Å². The maximum absolute atomic E-state index is 11.0. The summed E-state index contributed by atoms with van der Waals surface area (Å²) in [5.74, 6) is 0. The van der Waals surface area contributed by atoms with Gasteiger partial charge in [0.2, 0.25) is 0 Å². The molecule has 3 nitrogen and oxygen atoms in total. The van der Waals surface area contributed by atoms with E-state index < -0.39 is 0 Å². The predicted octanol–water partition coefficient (Wildman–Crippen LogP) is 2.22. The molecule has 4 heteroatoms. The number of hydrogen-bond acceptors (Lipinski definition) is 3. The Kier molecular flexibility index (Phi) is 3.61. The fraction of sp³-hybridized carbons (Fsp3) is 0.417. The Balaban J connectivity index is 2.35. The van der Waals surface area contributed by atoms with Crippen LogP contribution in [0.2, 0.25) is 0 Å². The van der Waals surface area contributed by atoms with E-state index in [4.69, 9.17) is 0 Å². The molecule has 1 aliphatic heterocycles. The first-order chi connectivity index (χ1) is 7.76. The molecule has 1 aromatic rings. The Bertz CT molecular complexity index is 395. The van der Waals surface area contributed by atoms with E-state index >= 15 is 0 Å². The SMILES string of the molecule is O=Cc1cc(Br)ccc1N1CCCC1CO. The van der Waals surface area contributed by atoms with Gasteiger partial charge in [-0.15, -0.1) is 0 Å². The minimum Gasteiger partial charge on any atom is -0.394 e. The molecule has 1 fully saturated rings. The summed E-state index contributed by atoms with van der Waals surface area (Å²) in [6.07, 6.45) is 2.93. The standard InChI is InChI=1S/C12H14BrNO2/c13-10-3-4-12(9(6-10)7-15)14-5-1-2-11(14)8-16/h3-4,6-7,11,16H,1-2,5,8H2. The molecule has 16 heavy (non-hydrogen) atoms. The molecule has 86 valence electrons. The van der Waals surface area contributed by atoms with Crippen LogP contribution in [0.1, 0.15) is 23.2 Å². The molecule has 0 aliphatic carbocycles. The molecule has 1 aromatic carbocycles. The highest BCUT2D eigenvalue weighted by Gasteiger charge is 2.25. The van der Waals surface area contributed by atoms with Crippen LogP contribution in [-0.2, 0) is 0 Å². The second-order valence-corrected chi connectivity index (χ2v) is 4.91. The molecular weight excluding hydrogens is 270 g/mol. The average molecular weight is 284 g/mol. The van der Waals surface area contributed by atoms with E-state index in [1.165, 1.54) is 0 Å². The minimum absolute atomic E-state index is 0.147. The number of hydrogen-bond donors (Lipinski definition) is 1. The maximum atomic E-state index is 11.0. The summed E-state index contributed by atoms with van der Waals surface area (Å²) >= 11 is 3.35. The number of carbonyl (C=O) groups is 1. The molecule has 0 spiro atoms. The normalized spacial score (nSPS) is 20.1. The second kappa shape index (κ2) is 4.97. The highest BCUT2D eigenvalue weighted by Crippen LogP contribution is 2.29. The smallest absolute Gasteiger partial charge is 0.152 e. The Labute approximate surface area is 103 Å². The summed E-state index contributed by atoms with van der Waals surface area (Å²) in [5.41, 5.74) is 1.60. The van der Waals surface area contributed by atoms with Gasteiger partial charge in [0.1, 0.15) is 0 Å². The highest BCUT2D eigenvalue weighted by atomic mass is 79.9. The molecule has 0 bridgehead atoms. The van der Waals surface area contributed by atoms with Crippen LogP contribution in [0.4, 0.5) is 5.69 Å². The average Bonchev–Trinajstić information content (AvgIpc) is 2.76. The van der Waals surface area contributed by atoms with Crippen LogP contribution < -0.4 is 4.90 Å². The number of halogens is 1. The Morgan fingerprint density at radius 2 is 2.38 bits per heavy atom. The zero-order valence-corrected chi connectivity index (χ0v) is 10.5. The lowest BCUT2D eigenvalue weighted by atomic mass is 10.1. The minimum atomic E-state index is 0.147. The number of aliphatic hydroxyl groups excluding tert-OH is 1. The monoisotopic (exact) mass is 283 g/mol. The molecule has 1 atom stereocenters.